The lowest BCUT2D eigenvalue weighted by atomic mass is 9.91. The predicted octanol–water partition coefficient (Wildman–Crippen LogP) is 3.24. The molecule has 1 aromatic carbocycles. The smallest absolute Gasteiger partial charge is 0.162 e. The lowest BCUT2D eigenvalue weighted by molar-refractivity contribution is -0.121. The molecule has 0 aliphatic rings. The fourth-order valence-corrected chi connectivity index (χ4v) is 1.22. The van der Waals surface area contributed by atoms with E-state index in [9.17, 15) is 9.90 Å². The van der Waals surface area contributed by atoms with E-state index in [2.05, 4.69) is 5.32 Å². The first-order chi connectivity index (χ1) is 7.80. The van der Waals surface area contributed by atoms with Crippen molar-refractivity contribution in [3.05, 3.63) is 36.0 Å². The standard InChI is InChI=1S/C14H19NO2/c1-10-5-6-12(16)11(9-10)15-8-7-13(17)14(2,3)4/h5-9,15-16H,1-4H3/b8-7+. The van der Waals surface area contributed by atoms with Gasteiger partial charge < -0.3 is 10.4 Å². The zero-order valence-corrected chi connectivity index (χ0v) is 10.7. The Bertz CT molecular complexity index is 442. The number of anilines is 1. The molecule has 0 spiro atoms. The summed E-state index contributed by atoms with van der Waals surface area (Å²) in [6.07, 6.45) is 3.05. The van der Waals surface area contributed by atoms with Gasteiger partial charge in [-0.15, -0.1) is 0 Å². The average Bonchev–Trinajstić information content (AvgIpc) is 2.21. The minimum atomic E-state index is -0.382. The number of aromatic hydroxyl groups is 1. The SMILES string of the molecule is Cc1ccc(O)c(N/C=C/C(=O)C(C)(C)C)c1. The van der Waals surface area contributed by atoms with E-state index in [1.165, 1.54) is 6.08 Å². The lowest BCUT2D eigenvalue weighted by Crippen LogP contribution is -2.17. The third kappa shape index (κ3) is 3.94. The third-order valence-corrected chi connectivity index (χ3v) is 2.36. The highest BCUT2D eigenvalue weighted by Gasteiger charge is 2.17. The number of hydrogen-bond acceptors (Lipinski definition) is 3. The van der Waals surface area contributed by atoms with Crippen molar-refractivity contribution in [2.24, 2.45) is 5.41 Å². The van der Waals surface area contributed by atoms with Crippen molar-refractivity contribution in [1.29, 1.82) is 0 Å². The van der Waals surface area contributed by atoms with Crippen molar-refractivity contribution in [3.63, 3.8) is 0 Å². The fourth-order valence-electron chi connectivity index (χ4n) is 1.22. The van der Waals surface area contributed by atoms with Gasteiger partial charge in [0.1, 0.15) is 5.75 Å². The molecule has 1 aromatic rings. The predicted molar refractivity (Wildman–Crippen MR) is 70.1 cm³/mol. The minimum Gasteiger partial charge on any atom is -0.506 e. The second-order valence-electron chi connectivity index (χ2n) is 5.11. The van der Waals surface area contributed by atoms with E-state index in [4.69, 9.17) is 0 Å². The quantitative estimate of drug-likeness (QED) is 0.622. The van der Waals surface area contributed by atoms with E-state index in [0.717, 1.165) is 5.56 Å². The molecular formula is C14H19NO2. The van der Waals surface area contributed by atoms with E-state index < -0.39 is 0 Å². The number of phenols is 1. The molecule has 0 radical (unpaired) electrons. The largest absolute Gasteiger partial charge is 0.506 e. The zero-order chi connectivity index (χ0) is 13.1. The van der Waals surface area contributed by atoms with Crippen LogP contribution in [-0.4, -0.2) is 10.9 Å². The molecule has 3 nitrogen and oxygen atoms in total. The average molecular weight is 233 g/mol. The summed E-state index contributed by atoms with van der Waals surface area (Å²) in [6, 6.07) is 5.27. The summed E-state index contributed by atoms with van der Waals surface area (Å²) >= 11 is 0. The van der Waals surface area contributed by atoms with Crippen molar-refractivity contribution in [1.82, 2.24) is 0 Å². The molecule has 0 aliphatic heterocycles. The summed E-state index contributed by atoms with van der Waals surface area (Å²) in [4.78, 5) is 11.6. The molecule has 0 aliphatic carbocycles. The van der Waals surface area contributed by atoms with Crippen LogP contribution in [0.15, 0.2) is 30.5 Å². The number of benzene rings is 1. The number of aryl methyl sites for hydroxylation is 1. The second-order valence-corrected chi connectivity index (χ2v) is 5.11. The van der Waals surface area contributed by atoms with Gasteiger partial charge in [0, 0.05) is 11.6 Å². The van der Waals surface area contributed by atoms with Crippen LogP contribution in [0.5, 0.6) is 5.75 Å². The molecule has 2 N–H and O–H groups in total. The van der Waals surface area contributed by atoms with Crippen LogP contribution < -0.4 is 5.32 Å². The van der Waals surface area contributed by atoms with Crippen LogP contribution in [0.1, 0.15) is 26.3 Å². The number of allylic oxidation sites excluding steroid dienone is 1. The zero-order valence-electron chi connectivity index (χ0n) is 10.7. The highest BCUT2D eigenvalue weighted by molar-refractivity contribution is 5.94. The summed E-state index contributed by atoms with van der Waals surface area (Å²) in [5.41, 5.74) is 1.26. The van der Waals surface area contributed by atoms with E-state index >= 15 is 0 Å². The van der Waals surface area contributed by atoms with Crippen molar-refractivity contribution in [2.45, 2.75) is 27.7 Å². The van der Waals surface area contributed by atoms with Gasteiger partial charge in [-0.2, -0.15) is 0 Å². The summed E-state index contributed by atoms with van der Waals surface area (Å²) in [5, 5.41) is 12.5. The van der Waals surface area contributed by atoms with Gasteiger partial charge >= 0.3 is 0 Å². The monoisotopic (exact) mass is 233 g/mol. The molecule has 0 unspecified atom stereocenters. The number of ketones is 1. The van der Waals surface area contributed by atoms with Gasteiger partial charge in [-0.1, -0.05) is 26.8 Å². The van der Waals surface area contributed by atoms with Crippen molar-refractivity contribution >= 4 is 11.5 Å². The Balaban J connectivity index is 2.71. The topological polar surface area (TPSA) is 49.3 Å². The van der Waals surface area contributed by atoms with E-state index in [-0.39, 0.29) is 16.9 Å². The number of carbonyl (C=O) groups is 1. The van der Waals surface area contributed by atoms with Crippen LogP contribution in [-0.2, 0) is 4.79 Å². The van der Waals surface area contributed by atoms with Gasteiger partial charge in [0.15, 0.2) is 5.78 Å². The van der Waals surface area contributed by atoms with Crippen molar-refractivity contribution < 1.29 is 9.90 Å². The lowest BCUT2D eigenvalue weighted by Gasteiger charge is -2.13. The van der Waals surface area contributed by atoms with Crippen LogP contribution >= 0.6 is 0 Å². The maximum Gasteiger partial charge on any atom is 0.162 e. The Morgan fingerprint density at radius 1 is 1.35 bits per heavy atom. The molecule has 1 rings (SSSR count). The van der Waals surface area contributed by atoms with Crippen LogP contribution in [0, 0.1) is 12.3 Å². The number of nitrogens with one attached hydrogen (secondary N) is 1. The molecule has 0 heterocycles. The van der Waals surface area contributed by atoms with Gasteiger partial charge in [0.2, 0.25) is 0 Å². The van der Waals surface area contributed by atoms with Crippen molar-refractivity contribution in [2.75, 3.05) is 5.32 Å². The Morgan fingerprint density at radius 3 is 2.59 bits per heavy atom. The molecular weight excluding hydrogens is 214 g/mol. The number of rotatable bonds is 3. The summed E-state index contributed by atoms with van der Waals surface area (Å²) in [5.74, 6) is 0.209. The first kappa shape index (κ1) is 13.3. The van der Waals surface area contributed by atoms with Gasteiger partial charge in [-0.25, -0.2) is 0 Å². The molecule has 0 fully saturated rings. The Hall–Kier alpha value is -1.77. The summed E-state index contributed by atoms with van der Waals surface area (Å²) in [7, 11) is 0. The van der Waals surface area contributed by atoms with Crippen LogP contribution in [0.3, 0.4) is 0 Å². The maximum absolute atomic E-state index is 11.6. The summed E-state index contributed by atoms with van der Waals surface area (Å²) in [6.45, 7) is 7.53. The van der Waals surface area contributed by atoms with Crippen LogP contribution in [0.25, 0.3) is 0 Å². The van der Waals surface area contributed by atoms with Crippen molar-refractivity contribution in [3.8, 4) is 5.75 Å². The van der Waals surface area contributed by atoms with Gasteiger partial charge in [-0.3, -0.25) is 4.79 Å². The van der Waals surface area contributed by atoms with E-state index in [1.807, 2.05) is 39.8 Å². The molecule has 3 heteroatoms. The van der Waals surface area contributed by atoms with E-state index in [1.54, 1.807) is 12.3 Å². The highest BCUT2D eigenvalue weighted by Crippen LogP contribution is 2.24. The Labute approximate surface area is 102 Å². The first-order valence-electron chi connectivity index (χ1n) is 5.58. The van der Waals surface area contributed by atoms with E-state index in [0.29, 0.717) is 5.69 Å². The molecule has 0 amide bonds. The van der Waals surface area contributed by atoms with Crippen LogP contribution in [0.4, 0.5) is 5.69 Å². The molecule has 0 bridgehead atoms. The number of carbonyl (C=O) groups excluding carboxylic acids is 1. The van der Waals surface area contributed by atoms with Gasteiger partial charge in [-0.05, 0) is 30.7 Å². The fraction of sp³-hybridized carbons (Fsp3) is 0.357. The third-order valence-electron chi connectivity index (χ3n) is 2.36. The Kier molecular flexibility index (Phi) is 3.94. The highest BCUT2D eigenvalue weighted by atomic mass is 16.3. The summed E-state index contributed by atoms with van der Waals surface area (Å²) < 4.78 is 0. The molecule has 0 saturated carbocycles. The Morgan fingerprint density at radius 2 is 2.00 bits per heavy atom. The van der Waals surface area contributed by atoms with Gasteiger partial charge in [0.25, 0.3) is 0 Å². The van der Waals surface area contributed by atoms with Gasteiger partial charge in [0.05, 0.1) is 5.69 Å². The second kappa shape index (κ2) is 5.04. The number of hydrogen-bond donors (Lipinski definition) is 2. The normalized spacial score (nSPS) is 11.8. The molecule has 92 valence electrons. The number of phenolic OH excluding ortho intramolecular Hbond substituents is 1. The molecule has 0 aromatic heterocycles. The van der Waals surface area contributed by atoms with Crippen LogP contribution in [0.2, 0.25) is 0 Å². The molecule has 17 heavy (non-hydrogen) atoms. The molecule has 0 saturated heterocycles. The maximum atomic E-state index is 11.6. The minimum absolute atomic E-state index is 0.0390. The molecule has 0 atom stereocenters. The first-order valence-corrected chi connectivity index (χ1v) is 5.58.